The molecule has 2 atom stereocenters. The lowest BCUT2D eigenvalue weighted by atomic mass is 9.70. The van der Waals surface area contributed by atoms with Gasteiger partial charge in [-0.25, -0.2) is 4.98 Å². The zero-order valence-corrected chi connectivity index (χ0v) is 33.7. The number of aryl methyl sites for hydroxylation is 1. The summed E-state index contributed by atoms with van der Waals surface area (Å²) in [6.45, 7) is 15.7. The van der Waals surface area contributed by atoms with Gasteiger partial charge in [0.2, 0.25) is 11.8 Å². The first-order valence-corrected chi connectivity index (χ1v) is 20.0. The number of pyridine rings is 1. The molecule has 2 aliphatic heterocycles. The summed E-state index contributed by atoms with van der Waals surface area (Å²) in [5.41, 5.74) is 19.0. The zero-order chi connectivity index (χ0) is 40.6. The highest BCUT2D eigenvalue weighted by atomic mass is 16.2. The molecule has 6 N–H and O–H groups in total. The molecule has 0 saturated carbocycles. The van der Waals surface area contributed by atoms with Crippen molar-refractivity contribution in [2.45, 2.75) is 77.8 Å². The number of nitrogens with zero attached hydrogens (tertiary/aromatic N) is 5. The van der Waals surface area contributed by atoms with Gasteiger partial charge in [0.15, 0.2) is 5.78 Å². The fraction of sp³-hybridized carbons (Fsp3) is 0.444. The molecule has 2 fully saturated rings. The number of amides is 2. The van der Waals surface area contributed by atoms with Gasteiger partial charge in [0.25, 0.3) is 0 Å². The summed E-state index contributed by atoms with van der Waals surface area (Å²) in [6, 6.07) is 14.7. The van der Waals surface area contributed by atoms with Crippen LogP contribution >= 0.6 is 0 Å². The summed E-state index contributed by atoms with van der Waals surface area (Å²) >= 11 is 0. The largest absolute Gasteiger partial charge is 0.383 e. The van der Waals surface area contributed by atoms with E-state index in [-0.39, 0.29) is 35.5 Å². The number of benzene rings is 2. The minimum atomic E-state index is -0.760. The van der Waals surface area contributed by atoms with Gasteiger partial charge in [-0.1, -0.05) is 52.5 Å². The van der Waals surface area contributed by atoms with Crippen molar-refractivity contribution in [2.24, 2.45) is 11.1 Å². The number of H-pyrrole nitrogens is 1. The topological polar surface area (TPSA) is 177 Å². The molecule has 296 valence electrons. The van der Waals surface area contributed by atoms with Gasteiger partial charge in [-0.3, -0.25) is 14.4 Å². The van der Waals surface area contributed by atoms with Crippen LogP contribution in [0.2, 0.25) is 0 Å². The Morgan fingerprint density at radius 1 is 1.11 bits per heavy atom. The van der Waals surface area contributed by atoms with Crippen LogP contribution in [0.25, 0.3) is 10.9 Å². The molecule has 12 nitrogen and oxygen atoms in total. The minimum Gasteiger partial charge on any atom is -0.383 e. The predicted octanol–water partition coefficient (Wildman–Crippen LogP) is 4.47. The quantitative estimate of drug-likeness (QED) is 0.179. The number of carbonyl (C=O) groups is 3. The Kier molecular flexibility index (Phi) is 10.9. The van der Waals surface area contributed by atoms with Crippen LogP contribution in [0.5, 0.6) is 0 Å². The zero-order valence-electron chi connectivity index (χ0n) is 33.7. The van der Waals surface area contributed by atoms with Gasteiger partial charge in [0, 0.05) is 97.6 Å². The maximum Gasteiger partial charge on any atom is 0.238 e. The maximum absolute atomic E-state index is 14.1. The van der Waals surface area contributed by atoms with Gasteiger partial charge >= 0.3 is 0 Å². The van der Waals surface area contributed by atoms with E-state index in [0.29, 0.717) is 61.7 Å². The average Bonchev–Trinajstić information content (AvgIpc) is 3.73. The Morgan fingerprint density at radius 2 is 1.88 bits per heavy atom. The van der Waals surface area contributed by atoms with E-state index in [1.807, 2.05) is 17.0 Å². The van der Waals surface area contributed by atoms with E-state index >= 15 is 0 Å². The van der Waals surface area contributed by atoms with Crippen LogP contribution in [0.3, 0.4) is 0 Å². The van der Waals surface area contributed by atoms with E-state index in [0.717, 1.165) is 64.9 Å². The number of carbonyl (C=O) groups excluding carboxylic acids is 3. The number of likely N-dealkylation sites (tertiary alicyclic amines) is 1. The van der Waals surface area contributed by atoms with Crippen LogP contribution < -0.4 is 21.7 Å². The highest BCUT2D eigenvalue weighted by Crippen LogP contribution is 2.46. The van der Waals surface area contributed by atoms with E-state index in [4.69, 9.17) is 11.5 Å². The molecule has 4 heterocycles. The average molecular weight is 768 g/mol. The molecule has 0 radical (unpaired) electrons. The smallest absolute Gasteiger partial charge is 0.238 e. The monoisotopic (exact) mass is 767 g/mol. The first-order valence-electron chi connectivity index (χ1n) is 20.0. The van der Waals surface area contributed by atoms with E-state index in [2.05, 4.69) is 89.7 Å². The second-order valence-corrected chi connectivity index (χ2v) is 16.9. The Balaban J connectivity index is 0.918. The molecule has 4 aromatic rings. The predicted molar refractivity (Wildman–Crippen MR) is 223 cm³/mol. The number of ketones is 1. The molecule has 57 heavy (non-hydrogen) atoms. The Bertz CT molecular complexity index is 2330. The van der Waals surface area contributed by atoms with Crippen molar-refractivity contribution in [2.75, 3.05) is 56.4 Å². The van der Waals surface area contributed by atoms with Crippen molar-refractivity contribution < 1.29 is 14.4 Å². The third-order valence-corrected chi connectivity index (χ3v) is 12.2. The number of anilines is 2. The van der Waals surface area contributed by atoms with Gasteiger partial charge in [0.1, 0.15) is 5.82 Å². The molecule has 7 rings (SSSR count). The summed E-state index contributed by atoms with van der Waals surface area (Å²) in [5.74, 6) is 6.21. The molecule has 3 aliphatic rings. The van der Waals surface area contributed by atoms with Crippen LogP contribution in [0.4, 0.5) is 11.5 Å². The number of hydrogen-bond acceptors (Lipinski definition) is 9. The lowest BCUT2D eigenvalue weighted by Crippen LogP contribution is -2.50. The number of nitrogens with two attached hydrogens (primary N) is 2. The Hall–Kier alpha value is -5.69. The van der Waals surface area contributed by atoms with Crippen molar-refractivity contribution in [1.82, 2.24) is 25.1 Å². The molecule has 2 aromatic carbocycles. The number of nitrogens with one attached hydrogen (secondary N) is 2. The van der Waals surface area contributed by atoms with Gasteiger partial charge in [0.05, 0.1) is 28.8 Å². The Morgan fingerprint density at radius 3 is 2.60 bits per heavy atom. The highest BCUT2D eigenvalue weighted by molar-refractivity contribution is 6.20. The first kappa shape index (κ1) is 39.5. The number of nitriles is 1. The molecular weight excluding hydrogens is 715 g/mol. The molecule has 2 saturated heterocycles. The number of aromatic nitrogens is 2. The van der Waals surface area contributed by atoms with Crippen molar-refractivity contribution in [3.63, 3.8) is 0 Å². The van der Waals surface area contributed by atoms with Crippen molar-refractivity contribution in [3.8, 4) is 17.9 Å². The summed E-state index contributed by atoms with van der Waals surface area (Å²) < 4.78 is 0. The molecule has 12 heteroatoms. The summed E-state index contributed by atoms with van der Waals surface area (Å²) in [6.07, 6.45) is 3.80. The van der Waals surface area contributed by atoms with Crippen LogP contribution in [0, 0.1) is 28.6 Å². The number of rotatable bonds is 9. The lowest BCUT2D eigenvalue weighted by Gasteiger charge is -2.39. The number of hydrogen-bond donors (Lipinski definition) is 4. The van der Waals surface area contributed by atoms with Crippen LogP contribution in [0.15, 0.2) is 48.7 Å². The fourth-order valence-corrected chi connectivity index (χ4v) is 8.78. The normalized spacial score (nSPS) is 19.0. The molecule has 2 amide bonds. The number of piperazine rings is 1. The van der Waals surface area contributed by atoms with Gasteiger partial charge < -0.3 is 36.5 Å². The van der Waals surface area contributed by atoms with E-state index in [9.17, 15) is 19.6 Å². The van der Waals surface area contributed by atoms with Gasteiger partial charge in [-0.05, 0) is 72.3 Å². The lowest BCUT2D eigenvalue weighted by molar-refractivity contribution is -0.131. The van der Waals surface area contributed by atoms with Crippen LogP contribution in [-0.4, -0.2) is 95.3 Å². The Labute approximate surface area is 335 Å². The number of aromatic amines is 1. The molecule has 2 aromatic heterocycles. The van der Waals surface area contributed by atoms with Gasteiger partial charge in [-0.2, -0.15) is 5.26 Å². The third kappa shape index (κ3) is 7.72. The van der Waals surface area contributed by atoms with Gasteiger partial charge in [-0.15, -0.1) is 0 Å². The van der Waals surface area contributed by atoms with Crippen molar-refractivity contribution in [1.29, 1.82) is 5.26 Å². The minimum absolute atomic E-state index is 0.0132. The van der Waals surface area contributed by atoms with Crippen molar-refractivity contribution in [3.05, 3.63) is 87.7 Å². The second kappa shape index (κ2) is 15.7. The fourth-order valence-electron chi connectivity index (χ4n) is 8.78. The highest BCUT2D eigenvalue weighted by Gasteiger charge is 2.42. The summed E-state index contributed by atoms with van der Waals surface area (Å²) in [7, 11) is 0. The van der Waals surface area contributed by atoms with E-state index in [1.165, 1.54) is 0 Å². The van der Waals surface area contributed by atoms with Crippen LogP contribution in [-0.2, 0) is 21.4 Å². The molecule has 0 spiro atoms. The summed E-state index contributed by atoms with van der Waals surface area (Å²) in [4.78, 5) is 54.7. The van der Waals surface area contributed by atoms with Crippen molar-refractivity contribution >= 4 is 40.0 Å². The SMILES string of the molecule is CCc1cc2c(cc1N1CCN(C(=O)CCCN3C[C@H](NC(=O)[C@@H](N)CC#Cc4cccnc4N)C(C)(C)C3)CC1)C(C)(C)c1[nH]c3cc(C#N)ccc3c1C2=O. The molecule has 1 aliphatic carbocycles. The number of nitrogen functional groups attached to an aromatic ring is 1. The molecule has 0 bridgehead atoms. The van der Waals surface area contributed by atoms with E-state index in [1.54, 1.807) is 24.4 Å². The molecular formula is C45H53N9O3. The first-order chi connectivity index (χ1) is 27.2. The summed E-state index contributed by atoms with van der Waals surface area (Å²) in [5, 5.41) is 13.5. The second-order valence-electron chi connectivity index (χ2n) is 16.9. The van der Waals surface area contributed by atoms with E-state index < -0.39 is 11.5 Å². The maximum atomic E-state index is 14.1. The standard InChI is InChI=1S/C45H53N9O3/c1-6-29-23-32-33(45(4,5)41-39(40(32)56)31-15-14-28(25-46)22-35(31)50-41)24-36(29)53-18-20-54(21-19-53)38(55)13-9-17-52-26-37(44(2,3)27-52)51-43(57)34(47)12-7-10-30-11-8-16-49-42(30)48/h8,11,14-16,22-24,34,37,50H,6,9,12-13,17-21,26-27,47H2,1-5H3,(H2,48,49)(H,51,57)/t34-,37-/m0/s1. The third-order valence-electron chi connectivity index (χ3n) is 12.2. The number of fused-ring (bicyclic) bond motifs is 4. The molecule has 0 unspecified atom stereocenters. The van der Waals surface area contributed by atoms with Crippen LogP contribution in [0.1, 0.15) is 97.8 Å².